The zero-order chi connectivity index (χ0) is 15.6. The second-order valence-electron chi connectivity index (χ2n) is 7.08. The van der Waals surface area contributed by atoms with E-state index in [-0.39, 0.29) is 5.41 Å². The van der Waals surface area contributed by atoms with Gasteiger partial charge >= 0.3 is 0 Å². The highest BCUT2D eigenvalue weighted by Crippen LogP contribution is 2.28. The molecule has 0 heterocycles. The molecule has 0 fully saturated rings. The quantitative estimate of drug-likeness (QED) is 0.516. The lowest BCUT2D eigenvalue weighted by molar-refractivity contribution is 0.385. The molecule has 1 nitrogen and oxygen atoms in total. The van der Waals surface area contributed by atoms with Crippen LogP contribution < -0.4 is 5.32 Å². The molecule has 1 atom stereocenters. The Bertz CT molecular complexity index is 355. The van der Waals surface area contributed by atoms with Crippen molar-refractivity contribution in [1.82, 2.24) is 5.32 Å². The summed E-state index contributed by atoms with van der Waals surface area (Å²) in [5.74, 6) is 0. The number of rotatable bonds is 11. The number of hydrogen-bond acceptors (Lipinski definition) is 1. The van der Waals surface area contributed by atoms with Gasteiger partial charge in [0, 0.05) is 6.04 Å². The second kappa shape index (κ2) is 10.00. The van der Waals surface area contributed by atoms with E-state index in [1.165, 1.54) is 50.5 Å². The van der Waals surface area contributed by atoms with Gasteiger partial charge in [-0.05, 0) is 37.3 Å². The van der Waals surface area contributed by atoms with Gasteiger partial charge in [0.05, 0.1) is 0 Å². The molecule has 1 heteroatoms. The molecule has 120 valence electrons. The molecule has 1 unspecified atom stereocenters. The fraction of sp³-hybridized carbons (Fsp3) is 0.700. The van der Waals surface area contributed by atoms with Crippen LogP contribution >= 0.6 is 0 Å². The molecular formula is C20H35N. The Morgan fingerprint density at radius 1 is 0.952 bits per heavy atom. The Labute approximate surface area is 132 Å². The van der Waals surface area contributed by atoms with E-state index in [2.05, 4.69) is 63.3 Å². The highest BCUT2D eigenvalue weighted by molar-refractivity contribution is 5.23. The Hall–Kier alpha value is -0.820. The Kier molecular flexibility index (Phi) is 8.68. The summed E-state index contributed by atoms with van der Waals surface area (Å²) in [5, 5.41) is 3.70. The summed E-state index contributed by atoms with van der Waals surface area (Å²) in [6.07, 6.45) is 9.43. The van der Waals surface area contributed by atoms with Crippen molar-refractivity contribution >= 4 is 0 Å². The maximum absolute atomic E-state index is 3.70. The maximum Gasteiger partial charge on any atom is 0.00470 e. The van der Waals surface area contributed by atoms with Gasteiger partial charge in [-0.15, -0.1) is 0 Å². The lowest BCUT2D eigenvalue weighted by Crippen LogP contribution is -2.33. The molecule has 0 saturated carbocycles. The zero-order valence-corrected chi connectivity index (χ0v) is 14.6. The van der Waals surface area contributed by atoms with Crippen LogP contribution in [0.2, 0.25) is 0 Å². The molecule has 0 amide bonds. The molecule has 0 spiro atoms. The molecule has 0 saturated heterocycles. The van der Waals surface area contributed by atoms with E-state index in [1.54, 1.807) is 0 Å². The fourth-order valence-corrected chi connectivity index (χ4v) is 3.10. The van der Waals surface area contributed by atoms with Crippen LogP contribution in [-0.4, -0.2) is 12.6 Å². The predicted octanol–water partition coefficient (Wildman–Crippen LogP) is 5.69. The topological polar surface area (TPSA) is 12.0 Å². The molecule has 0 aliphatic rings. The molecule has 0 aromatic heterocycles. The van der Waals surface area contributed by atoms with E-state index >= 15 is 0 Å². The third-order valence-electron chi connectivity index (χ3n) is 4.39. The first-order valence-electron chi connectivity index (χ1n) is 8.85. The third kappa shape index (κ3) is 7.66. The van der Waals surface area contributed by atoms with Crippen molar-refractivity contribution in [3.8, 4) is 0 Å². The summed E-state index contributed by atoms with van der Waals surface area (Å²) in [6.45, 7) is 10.5. The van der Waals surface area contributed by atoms with E-state index < -0.39 is 0 Å². The van der Waals surface area contributed by atoms with E-state index in [0.717, 1.165) is 6.54 Å². The summed E-state index contributed by atoms with van der Waals surface area (Å²) >= 11 is 0. The Morgan fingerprint density at radius 2 is 1.57 bits per heavy atom. The first-order valence-corrected chi connectivity index (χ1v) is 8.85. The molecule has 1 N–H and O–H groups in total. The van der Waals surface area contributed by atoms with Gasteiger partial charge in [0.1, 0.15) is 0 Å². The van der Waals surface area contributed by atoms with Crippen molar-refractivity contribution in [3.05, 3.63) is 35.9 Å². The van der Waals surface area contributed by atoms with Crippen LogP contribution in [0.4, 0.5) is 0 Å². The van der Waals surface area contributed by atoms with Crippen molar-refractivity contribution in [3.63, 3.8) is 0 Å². The molecule has 0 radical (unpaired) electrons. The van der Waals surface area contributed by atoms with E-state index in [1.807, 2.05) is 0 Å². The van der Waals surface area contributed by atoms with Crippen molar-refractivity contribution in [2.75, 3.05) is 6.54 Å². The van der Waals surface area contributed by atoms with Crippen molar-refractivity contribution < 1.29 is 0 Å². The van der Waals surface area contributed by atoms with Crippen LogP contribution in [0, 0.1) is 0 Å². The number of benzene rings is 1. The summed E-state index contributed by atoms with van der Waals surface area (Å²) in [5.41, 5.74) is 1.69. The lowest BCUT2D eigenvalue weighted by atomic mass is 9.79. The van der Waals surface area contributed by atoms with Gasteiger partial charge in [0.15, 0.2) is 0 Å². The van der Waals surface area contributed by atoms with Crippen LogP contribution in [0.5, 0.6) is 0 Å². The highest BCUT2D eigenvalue weighted by atomic mass is 14.9. The largest absolute Gasteiger partial charge is 0.314 e. The van der Waals surface area contributed by atoms with E-state index in [0.29, 0.717) is 6.04 Å². The summed E-state index contributed by atoms with van der Waals surface area (Å²) in [4.78, 5) is 0. The van der Waals surface area contributed by atoms with Gasteiger partial charge in [-0.25, -0.2) is 0 Å². The van der Waals surface area contributed by atoms with E-state index in [4.69, 9.17) is 0 Å². The molecular weight excluding hydrogens is 254 g/mol. The molecule has 1 aromatic rings. The summed E-state index contributed by atoms with van der Waals surface area (Å²) < 4.78 is 0. The maximum atomic E-state index is 3.70. The molecule has 0 bridgehead atoms. The Balaban J connectivity index is 2.19. The van der Waals surface area contributed by atoms with Crippen LogP contribution in [-0.2, 0) is 5.41 Å². The van der Waals surface area contributed by atoms with Gasteiger partial charge < -0.3 is 5.32 Å². The fourth-order valence-electron chi connectivity index (χ4n) is 3.10. The smallest absolute Gasteiger partial charge is 0.00470 e. The molecule has 21 heavy (non-hydrogen) atoms. The van der Waals surface area contributed by atoms with Gasteiger partial charge in [-0.3, -0.25) is 0 Å². The molecule has 1 rings (SSSR count). The van der Waals surface area contributed by atoms with Crippen molar-refractivity contribution in [2.45, 2.75) is 84.1 Å². The number of hydrogen-bond donors (Lipinski definition) is 1. The van der Waals surface area contributed by atoms with E-state index in [9.17, 15) is 0 Å². The highest BCUT2D eigenvalue weighted by Gasteiger charge is 2.22. The minimum absolute atomic E-state index is 0.245. The van der Waals surface area contributed by atoms with Crippen LogP contribution in [0.1, 0.15) is 78.2 Å². The van der Waals surface area contributed by atoms with Gasteiger partial charge in [0.25, 0.3) is 0 Å². The molecule has 1 aromatic carbocycles. The average molecular weight is 290 g/mol. The van der Waals surface area contributed by atoms with Crippen LogP contribution in [0.25, 0.3) is 0 Å². The second-order valence-corrected chi connectivity index (χ2v) is 7.08. The van der Waals surface area contributed by atoms with Crippen LogP contribution in [0.15, 0.2) is 30.3 Å². The van der Waals surface area contributed by atoms with Gasteiger partial charge in [-0.2, -0.15) is 0 Å². The van der Waals surface area contributed by atoms with Gasteiger partial charge in [-0.1, -0.05) is 83.2 Å². The predicted molar refractivity (Wildman–Crippen MR) is 94.9 cm³/mol. The third-order valence-corrected chi connectivity index (χ3v) is 4.39. The summed E-state index contributed by atoms with van der Waals surface area (Å²) in [6, 6.07) is 11.5. The number of unbranched alkanes of at least 4 members (excludes halogenated alkanes) is 5. The monoisotopic (exact) mass is 289 g/mol. The SMILES string of the molecule is CCCCCCCCNC(C)CC(C)(C)c1ccccc1. The summed E-state index contributed by atoms with van der Waals surface area (Å²) in [7, 11) is 0. The normalized spacial score (nSPS) is 13.3. The minimum atomic E-state index is 0.245. The first kappa shape index (κ1) is 18.2. The Morgan fingerprint density at radius 3 is 2.24 bits per heavy atom. The van der Waals surface area contributed by atoms with Crippen molar-refractivity contribution in [1.29, 1.82) is 0 Å². The first-order chi connectivity index (χ1) is 10.1. The van der Waals surface area contributed by atoms with Gasteiger partial charge in [0.2, 0.25) is 0 Å². The number of nitrogens with one attached hydrogen (secondary N) is 1. The zero-order valence-electron chi connectivity index (χ0n) is 14.6. The lowest BCUT2D eigenvalue weighted by Gasteiger charge is -2.29. The average Bonchev–Trinajstić information content (AvgIpc) is 2.47. The minimum Gasteiger partial charge on any atom is -0.314 e. The van der Waals surface area contributed by atoms with Crippen LogP contribution in [0.3, 0.4) is 0 Å². The molecule has 0 aliphatic carbocycles. The van der Waals surface area contributed by atoms with Crippen molar-refractivity contribution in [2.24, 2.45) is 0 Å². The molecule has 0 aliphatic heterocycles. The standard InChI is InChI=1S/C20H35N/c1-5-6-7-8-9-13-16-21-18(2)17-20(3,4)19-14-11-10-12-15-19/h10-12,14-15,18,21H,5-9,13,16-17H2,1-4H3.